The number of rotatable bonds is 71. The number of hydrogen-bond donors (Lipinski definition) is 6. The lowest BCUT2D eigenvalue weighted by Gasteiger charge is -2.40. The highest BCUT2D eigenvalue weighted by atomic mass is 16.7. The van der Waals surface area contributed by atoms with Gasteiger partial charge >= 0.3 is 0 Å². The van der Waals surface area contributed by atoms with Crippen molar-refractivity contribution in [2.75, 3.05) is 13.2 Å². The first-order valence-electron chi connectivity index (χ1n) is 40.5. The molecule has 0 aliphatic carbocycles. The molecule has 1 aliphatic heterocycles. The summed E-state index contributed by atoms with van der Waals surface area (Å²) in [5.41, 5.74) is 0. The number of unbranched alkanes of at least 4 members (excludes halogenated alkanes) is 47. The van der Waals surface area contributed by atoms with E-state index in [9.17, 15) is 30.3 Å². The summed E-state index contributed by atoms with van der Waals surface area (Å²) in [5, 5.41) is 54.9. The summed E-state index contributed by atoms with van der Waals surface area (Å²) in [6.45, 7) is 3.69. The Labute approximate surface area is 581 Å². The molecule has 1 rings (SSSR count). The van der Waals surface area contributed by atoms with Gasteiger partial charge in [-0.2, -0.15) is 0 Å². The molecule has 0 bridgehead atoms. The average Bonchev–Trinajstić information content (AvgIpc) is 0.831. The standard InChI is InChI=1S/C85H153NO8/c1-3-5-7-9-11-13-15-17-19-21-23-25-27-29-31-33-35-36-37-38-39-40-41-42-43-44-45-47-49-51-53-55-57-59-61-63-65-67-69-71-73-75-81(89)86-78(77-93-85-84(92)83(91)82(90)80(76-87)94-85)79(88)74-72-70-68-66-64-62-60-58-56-54-52-50-48-46-34-32-30-28-26-24-22-20-18-16-14-12-10-8-6-4-2/h5,7,11,13,17,19,23,25,29,31,56,58,64,66,72,74,78-80,82-85,87-88,90-92H,3-4,6,8-10,12,14-16,18,20-22,24,26-28,30,32-55,57,59-63,65,67-71,73,75-77H2,1-2H3,(H,86,89)/b7-5-,13-11-,19-17-,25-23-,31-29-,58-56+,66-64+,74-72+. The van der Waals surface area contributed by atoms with Gasteiger partial charge in [0.2, 0.25) is 5.91 Å². The zero-order valence-electron chi connectivity index (χ0n) is 61.5. The number of carbonyl (C=O) groups excluding carboxylic acids is 1. The first-order valence-corrected chi connectivity index (χ1v) is 40.5. The van der Waals surface area contributed by atoms with Crippen LogP contribution >= 0.6 is 0 Å². The van der Waals surface area contributed by atoms with Crippen LogP contribution in [-0.2, 0) is 14.3 Å². The Morgan fingerprint density at radius 3 is 1.02 bits per heavy atom. The summed E-state index contributed by atoms with van der Waals surface area (Å²) in [6.07, 6.45) is 100.0. The molecule has 0 spiro atoms. The van der Waals surface area contributed by atoms with Crippen LogP contribution in [0.5, 0.6) is 0 Å². The molecule has 0 aromatic carbocycles. The van der Waals surface area contributed by atoms with Crippen molar-refractivity contribution in [2.45, 2.75) is 423 Å². The third-order valence-corrected chi connectivity index (χ3v) is 18.9. The minimum absolute atomic E-state index is 0.185. The molecule has 0 saturated carbocycles. The van der Waals surface area contributed by atoms with E-state index in [4.69, 9.17) is 9.47 Å². The lowest BCUT2D eigenvalue weighted by molar-refractivity contribution is -0.302. The van der Waals surface area contributed by atoms with Crippen LogP contribution in [0.4, 0.5) is 0 Å². The van der Waals surface area contributed by atoms with Gasteiger partial charge in [-0.05, 0) is 89.9 Å². The summed E-state index contributed by atoms with van der Waals surface area (Å²) in [6, 6.07) is -0.833. The molecule has 1 fully saturated rings. The van der Waals surface area contributed by atoms with Gasteiger partial charge in [0.1, 0.15) is 24.4 Å². The SMILES string of the molecule is CC/C=C\C/C=C\C/C=C\C/C=C\C/C=C\CCCCCCCCCCCCCCCCCCCCCCCCCCCC(=O)NC(COC1OC(CO)C(O)C(O)C1O)C(O)/C=C/CC/C=C/CC/C=C/CCCCCCCCCCCCCCCCCCCCCC. The molecule has 7 unspecified atom stereocenters. The van der Waals surface area contributed by atoms with Crippen molar-refractivity contribution < 1.29 is 39.8 Å². The Balaban J connectivity index is 2.07. The van der Waals surface area contributed by atoms with Gasteiger partial charge in [-0.3, -0.25) is 4.79 Å². The van der Waals surface area contributed by atoms with Gasteiger partial charge in [0.05, 0.1) is 25.4 Å². The van der Waals surface area contributed by atoms with Gasteiger partial charge in [-0.25, -0.2) is 0 Å². The molecule has 0 aromatic rings. The molecule has 6 N–H and O–H groups in total. The number of ether oxygens (including phenoxy) is 2. The van der Waals surface area contributed by atoms with Crippen LogP contribution in [0, 0.1) is 0 Å². The molecular weight excluding hydrogens is 1160 g/mol. The first kappa shape index (κ1) is 89.1. The molecule has 546 valence electrons. The Morgan fingerprint density at radius 2 is 0.670 bits per heavy atom. The minimum Gasteiger partial charge on any atom is -0.394 e. The molecule has 1 heterocycles. The number of amides is 1. The van der Waals surface area contributed by atoms with E-state index in [-0.39, 0.29) is 12.5 Å². The van der Waals surface area contributed by atoms with E-state index in [0.717, 1.165) is 77.0 Å². The van der Waals surface area contributed by atoms with Gasteiger partial charge < -0.3 is 40.3 Å². The maximum absolute atomic E-state index is 13.2. The van der Waals surface area contributed by atoms with E-state index in [1.807, 2.05) is 6.08 Å². The number of hydrogen-bond acceptors (Lipinski definition) is 8. The van der Waals surface area contributed by atoms with Crippen molar-refractivity contribution in [1.29, 1.82) is 0 Å². The van der Waals surface area contributed by atoms with Crippen molar-refractivity contribution >= 4 is 5.91 Å². The Hall–Kier alpha value is -2.89. The number of allylic oxidation sites excluding steroid dienone is 15. The number of nitrogens with one attached hydrogen (secondary N) is 1. The summed E-state index contributed by atoms with van der Waals surface area (Å²) in [4.78, 5) is 13.2. The van der Waals surface area contributed by atoms with Crippen LogP contribution in [-0.4, -0.2) is 87.5 Å². The Bertz CT molecular complexity index is 1820. The summed E-state index contributed by atoms with van der Waals surface area (Å²) in [7, 11) is 0. The Kier molecular flexibility index (Phi) is 69.1. The third kappa shape index (κ3) is 60.3. The average molecular weight is 1320 g/mol. The molecule has 0 aromatic heterocycles. The van der Waals surface area contributed by atoms with Gasteiger partial charge in [-0.1, -0.05) is 381 Å². The van der Waals surface area contributed by atoms with Crippen LogP contribution in [0.15, 0.2) is 97.2 Å². The second-order valence-corrected chi connectivity index (χ2v) is 27.8. The van der Waals surface area contributed by atoms with Crippen molar-refractivity contribution in [3.63, 3.8) is 0 Å². The smallest absolute Gasteiger partial charge is 0.220 e. The highest BCUT2D eigenvalue weighted by Crippen LogP contribution is 2.24. The second-order valence-electron chi connectivity index (χ2n) is 27.8. The van der Waals surface area contributed by atoms with Crippen molar-refractivity contribution in [1.82, 2.24) is 5.32 Å². The molecule has 0 radical (unpaired) electrons. The van der Waals surface area contributed by atoms with Gasteiger partial charge in [0.25, 0.3) is 0 Å². The van der Waals surface area contributed by atoms with Crippen molar-refractivity contribution in [3.05, 3.63) is 97.2 Å². The number of aliphatic hydroxyl groups excluding tert-OH is 5. The van der Waals surface area contributed by atoms with Gasteiger partial charge in [0.15, 0.2) is 6.29 Å². The molecule has 1 aliphatic rings. The van der Waals surface area contributed by atoms with E-state index in [2.05, 4.69) is 104 Å². The molecule has 94 heavy (non-hydrogen) atoms. The van der Waals surface area contributed by atoms with Crippen LogP contribution < -0.4 is 5.32 Å². The van der Waals surface area contributed by atoms with Crippen LogP contribution in [0.3, 0.4) is 0 Å². The van der Waals surface area contributed by atoms with Gasteiger partial charge in [-0.15, -0.1) is 0 Å². The highest BCUT2D eigenvalue weighted by Gasteiger charge is 2.44. The minimum atomic E-state index is -1.58. The van der Waals surface area contributed by atoms with E-state index in [0.29, 0.717) is 6.42 Å². The normalized spacial score (nSPS) is 18.1. The van der Waals surface area contributed by atoms with E-state index >= 15 is 0 Å². The molecule has 9 nitrogen and oxygen atoms in total. The lowest BCUT2D eigenvalue weighted by Crippen LogP contribution is -2.60. The van der Waals surface area contributed by atoms with Crippen LogP contribution in [0.1, 0.15) is 380 Å². The Morgan fingerprint density at radius 1 is 0.372 bits per heavy atom. The van der Waals surface area contributed by atoms with E-state index in [1.165, 1.54) is 283 Å². The second kappa shape index (κ2) is 72.8. The zero-order valence-corrected chi connectivity index (χ0v) is 61.5. The van der Waals surface area contributed by atoms with Crippen molar-refractivity contribution in [2.24, 2.45) is 0 Å². The molecule has 9 heteroatoms. The fourth-order valence-corrected chi connectivity index (χ4v) is 12.6. The highest BCUT2D eigenvalue weighted by molar-refractivity contribution is 5.76. The topological polar surface area (TPSA) is 149 Å². The lowest BCUT2D eigenvalue weighted by atomic mass is 9.99. The quantitative estimate of drug-likeness (QED) is 0.0261. The maximum Gasteiger partial charge on any atom is 0.220 e. The fourth-order valence-electron chi connectivity index (χ4n) is 12.6. The largest absolute Gasteiger partial charge is 0.394 e. The maximum atomic E-state index is 13.2. The molecule has 1 saturated heterocycles. The fraction of sp³-hybridized carbons (Fsp3) is 0.800. The van der Waals surface area contributed by atoms with Crippen LogP contribution in [0.25, 0.3) is 0 Å². The summed E-state index contributed by atoms with van der Waals surface area (Å²) < 4.78 is 11.3. The first-order chi connectivity index (χ1) is 46.3. The molecule has 7 atom stereocenters. The number of carbonyl (C=O) groups is 1. The van der Waals surface area contributed by atoms with E-state index < -0.39 is 49.5 Å². The molecular formula is C85H153NO8. The summed E-state index contributed by atoms with van der Waals surface area (Å²) >= 11 is 0. The number of aliphatic hydroxyl groups is 5. The monoisotopic (exact) mass is 1320 g/mol. The van der Waals surface area contributed by atoms with Crippen molar-refractivity contribution in [3.8, 4) is 0 Å². The third-order valence-electron chi connectivity index (χ3n) is 18.9. The molecule has 1 amide bonds. The van der Waals surface area contributed by atoms with Gasteiger partial charge in [0, 0.05) is 6.42 Å². The predicted molar refractivity (Wildman–Crippen MR) is 405 cm³/mol. The predicted octanol–water partition coefficient (Wildman–Crippen LogP) is 23.4. The zero-order chi connectivity index (χ0) is 67.8. The van der Waals surface area contributed by atoms with E-state index in [1.54, 1.807) is 6.08 Å². The van der Waals surface area contributed by atoms with Crippen LogP contribution in [0.2, 0.25) is 0 Å². The summed E-state index contributed by atoms with van der Waals surface area (Å²) in [5.74, 6) is -0.185.